The first-order valence-electron chi connectivity index (χ1n) is 9.95. The van der Waals surface area contributed by atoms with Gasteiger partial charge in [0.05, 0.1) is 44.7 Å². The minimum Gasteiger partial charge on any atom is -0.494 e. The number of hydrogen-bond acceptors (Lipinski definition) is 8. The molecule has 1 aromatic carbocycles. The van der Waals surface area contributed by atoms with E-state index in [0.29, 0.717) is 60.7 Å². The lowest BCUT2D eigenvalue weighted by Gasteiger charge is -2.35. The average Bonchev–Trinajstić information content (AvgIpc) is 3.20. The highest BCUT2D eigenvalue weighted by Crippen LogP contribution is 2.39. The number of benzene rings is 1. The first-order valence-corrected chi connectivity index (χ1v) is 10.8. The summed E-state index contributed by atoms with van der Waals surface area (Å²) in [5.41, 5.74) is 2.06. The van der Waals surface area contributed by atoms with Crippen molar-refractivity contribution in [3.05, 3.63) is 41.6 Å². The second-order valence-electron chi connectivity index (χ2n) is 7.35. The van der Waals surface area contributed by atoms with Crippen LogP contribution in [0.15, 0.2) is 30.5 Å². The molecular formula is C21H21FN4O4S. The molecular weight excluding hydrogens is 423 g/mol. The van der Waals surface area contributed by atoms with Gasteiger partial charge in [0.15, 0.2) is 5.13 Å². The third-order valence-electron chi connectivity index (χ3n) is 5.31. The van der Waals surface area contributed by atoms with Crippen LogP contribution in [0.4, 0.5) is 15.3 Å². The summed E-state index contributed by atoms with van der Waals surface area (Å²) in [6.45, 7) is 2.18. The number of halogens is 1. The normalized spacial score (nSPS) is 19.3. The number of aromatic nitrogens is 2. The lowest BCUT2D eigenvalue weighted by atomic mass is 10.1. The number of ether oxygens (including phenoxy) is 3. The topological polar surface area (TPSA) is 85.8 Å². The van der Waals surface area contributed by atoms with Gasteiger partial charge in [0, 0.05) is 17.3 Å². The van der Waals surface area contributed by atoms with E-state index < -0.39 is 6.17 Å². The maximum atomic E-state index is 13.1. The fourth-order valence-electron chi connectivity index (χ4n) is 3.66. The molecule has 0 saturated carbocycles. The Kier molecular flexibility index (Phi) is 5.43. The first kappa shape index (κ1) is 20.1. The minimum absolute atomic E-state index is 0.190. The molecule has 2 fully saturated rings. The van der Waals surface area contributed by atoms with E-state index in [1.165, 1.54) is 11.3 Å². The van der Waals surface area contributed by atoms with Gasteiger partial charge in [-0.2, -0.15) is 0 Å². The van der Waals surface area contributed by atoms with Gasteiger partial charge in [0.2, 0.25) is 0 Å². The molecule has 1 N–H and O–H groups in total. The summed E-state index contributed by atoms with van der Waals surface area (Å²) in [7, 11) is 1.59. The van der Waals surface area contributed by atoms with Crippen LogP contribution in [0.2, 0.25) is 0 Å². The summed E-state index contributed by atoms with van der Waals surface area (Å²) in [4.78, 5) is 23.4. The number of nitrogens with zero attached hydrogens (tertiary/aromatic N) is 3. The van der Waals surface area contributed by atoms with Crippen molar-refractivity contribution in [1.82, 2.24) is 9.97 Å². The lowest BCUT2D eigenvalue weighted by molar-refractivity contribution is -0.0895. The van der Waals surface area contributed by atoms with E-state index in [-0.39, 0.29) is 12.0 Å². The Labute approximate surface area is 182 Å². The van der Waals surface area contributed by atoms with Crippen molar-refractivity contribution in [1.29, 1.82) is 0 Å². The molecule has 4 heterocycles. The molecule has 2 aliphatic rings. The third-order valence-corrected chi connectivity index (χ3v) is 6.33. The van der Waals surface area contributed by atoms with Crippen LogP contribution >= 0.6 is 11.3 Å². The second-order valence-corrected chi connectivity index (χ2v) is 8.35. The van der Waals surface area contributed by atoms with Gasteiger partial charge < -0.3 is 19.1 Å². The molecule has 2 aromatic heterocycles. The van der Waals surface area contributed by atoms with Crippen LogP contribution in [-0.2, 0) is 9.47 Å². The predicted molar refractivity (Wildman–Crippen MR) is 115 cm³/mol. The number of rotatable bonds is 5. The van der Waals surface area contributed by atoms with Gasteiger partial charge in [-0.25, -0.2) is 14.4 Å². The summed E-state index contributed by atoms with van der Waals surface area (Å²) >= 11 is 1.36. The Bertz CT molecular complexity index is 1110. The van der Waals surface area contributed by atoms with Gasteiger partial charge in [0.25, 0.3) is 5.91 Å². The zero-order valence-electron chi connectivity index (χ0n) is 16.8. The standard InChI is InChI=1S/C21H21FN4O4S/c1-28-15-3-2-14(16-11-29-6-7-30-16)19-18(15)24-21(31-19)25-20(27)12-4-5-23-17(8-12)26-9-13(22)10-26/h2-5,8,13,16H,6-7,9-11H2,1H3,(H,24,25,27). The Hall–Kier alpha value is -2.82. The average molecular weight is 444 g/mol. The monoisotopic (exact) mass is 444 g/mol. The molecule has 5 rings (SSSR count). The molecule has 8 nitrogen and oxygen atoms in total. The lowest BCUT2D eigenvalue weighted by Crippen LogP contribution is -2.48. The maximum Gasteiger partial charge on any atom is 0.257 e. The fraction of sp³-hybridized carbons (Fsp3) is 0.381. The molecule has 2 aliphatic heterocycles. The van der Waals surface area contributed by atoms with Crippen molar-refractivity contribution >= 4 is 38.4 Å². The highest BCUT2D eigenvalue weighted by Gasteiger charge is 2.28. The number of nitrogens with one attached hydrogen (secondary N) is 1. The van der Waals surface area contributed by atoms with E-state index in [0.717, 1.165) is 10.3 Å². The van der Waals surface area contributed by atoms with Crippen LogP contribution in [-0.4, -0.2) is 62.1 Å². The van der Waals surface area contributed by atoms with Crippen LogP contribution in [0.5, 0.6) is 5.75 Å². The van der Waals surface area contributed by atoms with E-state index in [1.54, 1.807) is 30.3 Å². The van der Waals surface area contributed by atoms with E-state index in [2.05, 4.69) is 15.3 Å². The minimum atomic E-state index is -0.843. The molecule has 2 saturated heterocycles. The number of carbonyl (C=O) groups excluding carboxylic acids is 1. The van der Waals surface area contributed by atoms with E-state index in [9.17, 15) is 9.18 Å². The van der Waals surface area contributed by atoms with Crippen LogP contribution in [0, 0.1) is 0 Å². The fourth-order valence-corrected chi connectivity index (χ4v) is 4.69. The number of amides is 1. The van der Waals surface area contributed by atoms with Gasteiger partial charge in [0.1, 0.15) is 29.4 Å². The van der Waals surface area contributed by atoms with Gasteiger partial charge in [-0.15, -0.1) is 0 Å². The first-order chi connectivity index (χ1) is 15.1. The van der Waals surface area contributed by atoms with Crippen molar-refractivity contribution in [3.63, 3.8) is 0 Å². The van der Waals surface area contributed by atoms with Crippen LogP contribution in [0.25, 0.3) is 10.2 Å². The number of alkyl halides is 1. The van der Waals surface area contributed by atoms with E-state index in [4.69, 9.17) is 14.2 Å². The highest BCUT2D eigenvalue weighted by atomic mass is 32.1. The molecule has 3 aromatic rings. The van der Waals surface area contributed by atoms with Crippen LogP contribution in [0.1, 0.15) is 22.0 Å². The molecule has 162 valence electrons. The van der Waals surface area contributed by atoms with E-state index >= 15 is 0 Å². The Balaban J connectivity index is 1.41. The Morgan fingerprint density at radius 2 is 2.19 bits per heavy atom. The number of methoxy groups -OCH3 is 1. The summed E-state index contributed by atoms with van der Waals surface area (Å²) in [5.74, 6) is 0.902. The van der Waals surface area contributed by atoms with Gasteiger partial charge in [-0.1, -0.05) is 17.4 Å². The largest absolute Gasteiger partial charge is 0.494 e. The molecule has 10 heteroatoms. The number of hydrogen-bond donors (Lipinski definition) is 1. The summed E-state index contributed by atoms with van der Waals surface area (Å²) in [6.07, 6.45) is 0.518. The smallest absolute Gasteiger partial charge is 0.257 e. The predicted octanol–water partition coefficient (Wildman–Crippen LogP) is 3.20. The molecule has 1 atom stereocenters. The maximum absolute atomic E-state index is 13.1. The van der Waals surface area contributed by atoms with Crippen molar-refractivity contribution in [2.45, 2.75) is 12.3 Å². The molecule has 0 spiro atoms. The zero-order chi connectivity index (χ0) is 21.4. The zero-order valence-corrected chi connectivity index (χ0v) is 17.7. The SMILES string of the molecule is COc1ccc(C2COCCO2)c2sc(NC(=O)c3ccnc(N4CC(F)C4)c3)nc12. The van der Waals surface area contributed by atoms with Gasteiger partial charge in [-0.05, 0) is 18.2 Å². The highest BCUT2D eigenvalue weighted by molar-refractivity contribution is 7.22. The third kappa shape index (κ3) is 3.93. The van der Waals surface area contributed by atoms with Crippen LogP contribution < -0.4 is 15.0 Å². The number of pyridine rings is 1. The Morgan fingerprint density at radius 3 is 2.94 bits per heavy atom. The van der Waals surface area contributed by atoms with Crippen molar-refractivity contribution in [2.24, 2.45) is 0 Å². The van der Waals surface area contributed by atoms with Gasteiger partial charge in [-0.3, -0.25) is 10.1 Å². The number of fused-ring (bicyclic) bond motifs is 1. The second kappa shape index (κ2) is 8.37. The number of carbonyl (C=O) groups is 1. The van der Waals surface area contributed by atoms with Crippen LogP contribution in [0.3, 0.4) is 0 Å². The number of anilines is 2. The van der Waals surface area contributed by atoms with Crippen molar-refractivity contribution in [2.75, 3.05) is 50.2 Å². The van der Waals surface area contributed by atoms with Crippen molar-refractivity contribution < 1.29 is 23.4 Å². The summed E-state index contributed by atoms with van der Waals surface area (Å²) in [5, 5.41) is 3.31. The van der Waals surface area contributed by atoms with Gasteiger partial charge >= 0.3 is 0 Å². The van der Waals surface area contributed by atoms with Crippen molar-refractivity contribution in [3.8, 4) is 5.75 Å². The molecule has 31 heavy (non-hydrogen) atoms. The number of thiazole rings is 1. The molecule has 0 aliphatic carbocycles. The Morgan fingerprint density at radius 1 is 1.32 bits per heavy atom. The summed E-state index contributed by atoms with van der Waals surface area (Å²) < 4.78 is 30.9. The van der Waals surface area contributed by atoms with E-state index in [1.807, 2.05) is 12.1 Å². The molecule has 0 bridgehead atoms. The quantitative estimate of drug-likeness (QED) is 0.647. The molecule has 1 unspecified atom stereocenters. The molecule has 1 amide bonds. The molecule has 0 radical (unpaired) electrons. The summed E-state index contributed by atoms with van der Waals surface area (Å²) in [6, 6.07) is 7.08.